The highest BCUT2D eigenvalue weighted by Gasteiger charge is 2.22. The minimum absolute atomic E-state index is 0.0486. The van der Waals surface area contributed by atoms with Gasteiger partial charge in [-0.15, -0.1) is 0 Å². The van der Waals surface area contributed by atoms with Crippen molar-refractivity contribution in [2.75, 3.05) is 7.05 Å². The van der Waals surface area contributed by atoms with Crippen LogP contribution in [0.1, 0.15) is 13.3 Å². The summed E-state index contributed by atoms with van der Waals surface area (Å²) in [7, 11) is 1.84. The fourth-order valence-corrected chi connectivity index (χ4v) is 1.43. The average Bonchev–Trinajstić information content (AvgIpc) is 2.16. The second-order valence-corrected chi connectivity index (χ2v) is 3.23. The number of Topliss-reactive ketones (excluding diaryl/α,β-unsaturated/α-hetero) is 1. The molecule has 0 aromatic heterocycles. The fourth-order valence-electron chi connectivity index (χ4n) is 1.43. The lowest BCUT2D eigenvalue weighted by atomic mass is 9.89. The van der Waals surface area contributed by atoms with E-state index >= 15 is 0 Å². The van der Waals surface area contributed by atoms with E-state index in [0.29, 0.717) is 5.57 Å². The molecule has 0 bridgehead atoms. The zero-order valence-electron chi connectivity index (χ0n) is 8.13. The highest BCUT2D eigenvalue weighted by atomic mass is 16.1. The van der Waals surface area contributed by atoms with Gasteiger partial charge in [-0.3, -0.25) is 4.79 Å². The van der Waals surface area contributed by atoms with Crippen LogP contribution in [-0.4, -0.2) is 12.8 Å². The minimum Gasteiger partial charge on any atom is -0.391 e. The summed E-state index contributed by atoms with van der Waals surface area (Å²) in [4.78, 5) is 11.7. The molecule has 1 unspecified atom stereocenters. The predicted molar refractivity (Wildman–Crippen MR) is 54.2 cm³/mol. The Labute approximate surface area is 79.0 Å². The molecule has 0 amide bonds. The van der Waals surface area contributed by atoms with Crippen LogP contribution in [0.25, 0.3) is 0 Å². The van der Waals surface area contributed by atoms with Crippen LogP contribution < -0.4 is 5.32 Å². The Morgan fingerprint density at radius 2 is 2.38 bits per heavy atom. The Hall–Kier alpha value is -1.31. The van der Waals surface area contributed by atoms with Crippen LogP contribution in [0.5, 0.6) is 0 Å². The van der Waals surface area contributed by atoms with Crippen LogP contribution >= 0.6 is 0 Å². The summed E-state index contributed by atoms with van der Waals surface area (Å²) >= 11 is 0. The van der Waals surface area contributed by atoms with Gasteiger partial charge in [0.2, 0.25) is 0 Å². The van der Waals surface area contributed by atoms with Crippen molar-refractivity contribution in [3.8, 4) is 0 Å². The lowest BCUT2D eigenvalue weighted by Crippen LogP contribution is -2.25. The summed E-state index contributed by atoms with van der Waals surface area (Å²) in [5, 5.41) is 3.04. The summed E-state index contributed by atoms with van der Waals surface area (Å²) in [6.07, 6.45) is 6.69. The number of hydrogen-bond acceptors (Lipinski definition) is 2. The molecule has 0 saturated heterocycles. The number of hydrogen-bond donors (Lipinski definition) is 1. The first kappa shape index (κ1) is 9.78. The van der Waals surface area contributed by atoms with Crippen molar-refractivity contribution in [3.63, 3.8) is 0 Å². The number of ketones is 1. The van der Waals surface area contributed by atoms with Gasteiger partial charge in [0, 0.05) is 12.7 Å². The van der Waals surface area contributed by atoms with E-state index in [1.54, 1.807) is 6.92 Å². The molecule has 0 heterocycles. The van der Waals surface area contributed by atoms with Crippen molar-refractivity contribution in [1.29, 1.82) is 0 Å². The van der Waals surface area contributed by atoms with Crippen LogP contribution in [0.4, 0.5) is 0 Å². The molecule has 70 valence electrons. The van der Waals surface area contributed by atoms with Gasteiger partial charge in [-0.25, -0.2) is 0 Å². The summed E-state index contributed by atoms with van der Waals surface area (Å²) < 4.78 is 0. The van der Waals surface area contributed by atoms with Crippen molar-refractivity contribution in [3.05, 3.63) is 36.1 Å². The molecule has 1 atom stereocenters. The van der Waals surface area contributed by atoms with E-state index in [9.17, 15) is 4.79 Å². The largest absolute Gasteiger partial charge is 0.391 e. The smallest absolute Gasteiger partial charge is 0.167 e. The fraction of sp³-hybridized carbons (Fsp3) is 0.364. The number of nitrogens with one attached hydrogen (secondary N) is 1. The standard InChI is InChI=1S/C11H15NO/c1-8(2)11(13)9-6-4-5-7-10(9)12-3/h4-5,7,9,12H,1,6H2,2-3H3. The van der Waals surface area contributed by atoms with E-state index in [-0.39, 0.29) is 11.7 Å². The quantitative estimate of drug-likeness (QED) is 0.666. The molecule has 1 rings (SSSR count). The molecule has 2 nitrogen and oxygen atoms in total. The van der Waals surface area contributed by atoms with Crippen molar-refractivity contribution in [1.82, 2.24) is 5.32 Å². The Morgan fingerprint density at radius 3 is 2.92 bits per heavy atom. The molecule has 0 saturated carbocycles. The summed E-state index contributed by atoms with van der Waals surface area (Å²) in [5.74, 6) is 0.0810. The molecule has 0 spiro atoms. The molecule has 0 fully saturated rings. The zero-order valence-corrected chi connectivity index (χ0v) is 8.13. The Morgan fingerprint density at radius 1 is 1.69 bits per heavy atom. The predicted octanol–water partition coefficient (Wildman–Crippen LogP) is 1.81. The Balaban J connectivity index is 2.81. The first-order chi connectivity index (χ1) is 6.16. The van der Waals surface area contributed by atoms with E-state index in [2.05, 4.69) is 11.9 Å². The SMILES string of the molecule is C=C(C)C(=O)C1CC=CC=C1NC. The number of rotatable bonds is 3. The highest BCUT2D eigenvalue weighted by Crippen LogP contribution is 2.21. The highest BCUT2D eigenvalue weighted by molar-refractivity contribution is 5.98. The van der Waals surface area contributed by atoms with Gasteiger partial charge < -0.3 is 5.32 Å². The minimum atomic E-state index is -0.0486. The van der Waals surface area contributed by atoms with E-state index < -0.39 is 0 Å². The second-order valence-electron chi connectivity index (χ2n) is 3.23. The molecule has 0 radical (unpaired) electrons. The summed E-state index contributed by atoms with van der Waals surface area (Å²) in [6, 6.07) is 0. The van der Waals surface area contributed by atoms with Crippen LogP contribution in [-0.2, 0) is 4.79 Å². The third-order valence-corrected chi connectivity index (χ3v) is 2.18. The van der Waals surface area contributed by atoms with Gasteiger partial charge in [0.25, 0.3) is 0 Å². The molecule has 0 aromatic rings. The number of carbonyl (C=O) groups is 1. The van der Waals surface area contributed by atoms with E-state index in [4.69, 9.17) is 0 Å². The first-order valence-corrected chi connectivity index (χ1v) is 4.41. The molecule has 0 aliphatic heterocycles. The van der Waals surface area contributed by atoms with Crippen LogP contribution in [0.2, 0.25) is 0 Å². The molecule has 13 heavy (non-hydrogen) atoms. The molecular formula is C11H15NO. The van der Waals surface area contributed by atoms with Gasteiger partial charge >= 0.3 is 0 Å². The summed E-state index contributed by atoms with van der Waals surface area (Å²) in [6.45, 7) is 5.43. The van der Waals surface area contributed by atoms with Crippen LogP contribution in [0.3, 0.4) is 0 Å². The van der Waals surface area contributed by atoms with Crippen LogP contribution in [0, 0.1) is 5.92 Å². The number of carbonyl (C=O) groups excluding carboxylic acids is 1. The first-order valence-electron chi connectivity index (χ1n) is 4.41. The Kier molecular flexibility index (Phi) is 3.07. The van der Waals surface area contributed by atoms with E-state index in [1.165, 1.54) is 0 Å². The van der Waals surface area contributed by atoms with Gasteiger partial charge in [-0.1, -0.05) is 18.7 Å². The van der Waals surface area contributed by atoms with Gasteiger partial charge in [0.15, 0.2) is 5.78 Å². The lowest BCUT2D eigenvalue weighted by Gasteiger charge is -2.19. The lowest BCUT2D eigenvalue weighted by molar-refractivity contribution is -0.118. The molecular weight excluding hydrogens is 162 g/mol. The number of allylic oxidation sites excluding steroid dienone is 5. The van der Waals surface area contributed by atoms with Gasteiger partial charge in [0.1, 0.15) is 0 Å². The molecule has 1 aliphatic rings. The summed E-state index contributed by atoms with van der Waals surface area (Å²) in [5.41, 5.74) is 1.61. The molecule has 2 heteroatoms. The van der Waals surface area contributed by atoms with Gasteiger partial charge in [-0.05, 0) is 25.0 Å². The van der Waals surface area contributed by atoms with Crippen molar-refractivity contribution >= 4 is 5.78 Å². The maximum Gasteiger partial charge on any atom is 0.167 e. The normalized spacial score (nSPS) is 20.8. The third kappa shape index (κ3) is 2.08. The molecule has 1 N–H and O–H groups in total. The average molecular weight is 177 g/mol. The maximum absolute atomic E-state index is 11.7. The zero-order chi connectivity index (χ0) is 9.84. The van der Waals surface area contributed by atoms with E-state index in [1.807, 2.05) is 25.3 Å². The van der Waals surface area contributed by atoms with Crippen molar-refractivity contribution < 1.29 is 4.79 Å². The van der Waals surface area contributed by atoms with E-state index in [0.717, 1.165) is 12.1 Å². The van der Waals surface area contributed by atoms with Gasteiger partial charge in [0.05, 0.1) is 5.92 Å². The van der Waals surface area contributed by atoms with Gasteiger partial charge in [-0.2, -0.15) is 0 Å². The second kappa shape index (κ2) is 4.08. The van der Waals surface area contributed by atoms with Crippen LogP contribution in [0.15, 0.2) is 36.1 Å². The topological polar surface area (TPSA) is 29.1 Å². The van der Waals surface area contributed by atoms with Crippen molar-refractivity contribution in [2.24, 2.45) is 5.92 Å². The third-order valence-electron chi connectivity index (χ3n) is 2.18. The molecule has 0 aromatic carbocycles. The van der Waals surface area contributed by atoms with Crippen molar-refractivity contribution in [2.45, 2.75) is 13.3 Å². The maximum atomic E-state index is 11.7. The monoisotopic (exact) mass is 177 g/mol. The molecule has 1 aliphatic carbocycles. The Bertz CT molecular complexity index is 286.